The summed E-state index contributed by atoms with van der Waals surface area (Å²) in [7, 11) is 0. The predicted molar refractivity (Wildman–Crippen MR) is 107 cm³/mol. The van der Waals surface area contributed by atoms with E-state index in [4.69, 9.17) is 0 Å². The maximum atomic E-state index is 12.2. The zero-order valence-electron chi connectivity index (χ0n) is 14.5. The average Bonchev–Trinajstić information content (AvgIpc) is 3.29. The van der Waals surface area contributed by atoms with Gasteiger partial charge in [-0.25, -0.2) is 4.98 Å². The van der Waals surface area contributed by atoms with E-state index in [9.17, 15) is 9.59 Å². The summed E-state index contributed by atoms with van der Waals surface area (Å²) in [6, 6.07) is 9.46. The Morgan fingerprint density at radius 1 is 1.08 bits per heavy atom. The molecule has 2 aromatic heterocycles. The summed E-state index contributed by atoms with van der Waals surface area (Å²) in [5, 5.41) is 10.0. The number of aromatic nitrogens is 1. The van der Waals surface area contributed by atoms with E-state index < -0.39 is 0 Å². The molecule has 0 bridgehead atoms. The molecule has 5 nitrogen and oxygen atoms in total. The molecule has 0 saturated carbocycles. The van der Waals surface area contributed by atoms with Gasteiger partial charge in [0.2, 0.25) is 5.91 Å². The van der Waals surface area contributed by atoms with Crippen LogP contribution in [0.2, 0.25) is 0 Å². The van der Waals surface area contributed by atoms with E-state index in [1.165, 1.54) is 22.7 Å². The van der Waals surface area contributed by atoms with Crippen molar-refractivity contribution in [3.8, 4) is 0 Å². The average molecular weight is 386 g/mol. The number of nitrogens with one attached hydrogen (secondary N) is 2. The number of anilines is 2. The van der Waals surface area contributed by atoms with E-state index in [0.717, 1.165) is 22.5 Å². The van der Waals surface area contributed by atoms with Crippen molar-refractivity contribution in [3.05, 3.63) is 62.8 Å². The van der Waals surface area contributed by atoms with Gasteiger partial charge in [0.25, 0.3) is 5.91 Å². The smallest absolute Gasteiger partial charge is 0.267 e. The topological polar surface area (TPSA) is 71.1 Å². The third kappa shape index (κ3) is 4.56. The van der Waals surface area contributed by atoms with Gasteiger partial charge >= 0.3 is 0 Å². The summed E-state index contributed by atoms with van der Waals surface area (Å²) >= 11 is 2.75. The summed E-state index contributed by atoms with van der Waals surface area (Å²) in [5.74, 6) is -0.204. The number of rotatable bonds is 6. The third-order valence-electron chi connectivity index (χ3n) is 4.00. The van der Waals surface area contributed by atoms with Crippen LogP contribution < -0.4 is 10.6 Å². The van der Waals surface area contributed by atoms with Crippen LogP contribution in [0.4, 0.5) is 10.8 Å². The summed E-state index contributed by atoms with van der Waals surface area (Å²) in [5.41, 5.74) is 3.87. The van der Waals surface area contributed by atoms with Crippen LogP contribution in [-0.2, 0) is 11.2 Å². The minimum Gasteiger partial charge on any atom is -0.326 e. The summed E-state index contributed by atoms with van der Waals surface area (Å²) in [6.45, 7) is 4.01. The van der Waals surface area contributed by atoms with Gasteiger partial charge in [0, 0.05) is 17.5 Å². The predicted octanol–water partition coefficient (Wildman–Crippen LogP) is 4.65. The molecule has 2 amide bonds. The molecule has 0 saturated heterocycles. The lowest BCUT2D eigenvalue weighted by molar-refractivity contribution is -0.116. The lowest BCUT2D eigenvalue weighted by Gasteiger charge is -2.09. The molecule has 1 aromatic carbocycles. The highest BCUT2D eigenvalue weighted by Gasteiger charge is 2.11. The Morgan fingerprint density at radius 2 is 1.92 bits per heavy atom. The normalized spacial score (nSPS) is 10.5. The maximum Gasteiger partial charge on any atom is 0.267 e. The molecule has 7 heteroatoms. The van der Waals surface area contributed by atoms with Gasteiger partial charge in [0.15, 0.2) is 5.13 Å². The Hall–Kier alpha value is -2.51. The Morgan fingerprint density at radius 3 is 2.69 bits per heavy atom. The molecule has 0 fully saturated rings. The van der Waals surface area contributed by atoms with E-state index in [-0.39, 0.29) is 11.8 Å². The lowest BCUT2D eigenvalue weighted by Crippen LogP contribution is -2.13. The molecule has 0 aliphatic rings. The first-order chi connectivity index (χ1) is 12.5. The Balaban J connectivity index is 1.52. The van der Waals surface area contributed by atoms with Gasteiger partial charge in [-0.15, -0.1) is 22.7 Å². The number of hydrogen-bond donors (Lipinski definition) is 2. The van der Waals surface area contributed by atoms with Gasteiger partial charge in [-0.2, -0.15) is 0 Å². The first-order valence-electron chi connectivity index (χ1n) is 8.18. The number of carbonyl (C=O) groups is 2. The van der Waals surface area contributed by atoms with Crippen molar-refractivity contribution in [1.29, 1.82) is 0 Å². The van der Waals surface area contributed by atoms with Crippen molar-refractivity contribution in [3.63, 3.8) is 0 Å². The van der Waals surface area contributed by atoms with Gasteiger partial charge in [0.1, 0.15) is 0 Å². The van der Waals surface area contributed by atoms with Crippen LogP contribution >= 0.6 is 22.7 Å². The van der Waals surface area contributed by atoms with Gasteiger partial charge in [-0.3, -0.25) is 14.9 Å². The fourth-order valence-corrected chi connectivity index (χ4v) is 3.75. The third-order valence-corrected chi connectivity index (χ3v) is 5.68. The van der Waals surface area contributed by atoms with E-state index in [2.05, 4.69) is 15.6 Å². The Bertz CT molecular complexity index is 917. The van der Waals surface area contributed by atoms with Crippen molar-refractivity contribution in [1.82, 2.24) is 4.98 Å². The molecule has 0 unspecified atom stereocenters. The number of thiazole rings is 1. The van der Waals surface area contributed by atoms with Crippen LogP contribution in [0.3, 0.4) is 0 Å². The van der Waals surface area contributed by atoms with Crippen molar-refractivity contribution in [2.45, 2.75) is 26.7 Å². The number of carbonyl (C=O) groups excluding carboxylic acids is 2. The van der Waals surface area contributed by atoms with Gasteiger partial charge in [0.05, 0.1) is 10.6 Å². The first-order valence-corrected chi connectivity index (χ1v) is 9.94. The summed E-state index contributed by atoms with van der Waals surface area (Å²) in [6.07, 6.45) is 0.873. The zero-order chi connectivity index (χ0) is 18.5. The second-order valence-corrected chi connectivity index (χ2v) is 7.68. The van der Waals surface area contributed by atoms with Crippen LogP contribution in [0.15, 0.2) is 41.1 Å². The van der Waals surface area contributed by atoms with Crippen molar-refractivity contribution >= 4 is 45.3 Å². The molecule has 0 radical (unpaired) electrons. The molecule has 26 heavy (non-hydrogen) atoms. The van der Waals surface area contributed by atoms with Gasteiger partial charge in [-0.1, -0.05) is 18.2 Å². The fraction of sp³-hybridized carbons (Fsp3) is 0.211. The molecule has 134 valence electrons. The van der Waals surface area contributed by atoms with Crippen LogP contribution in [-0.4, -0.2) is 16.8 Å². The number of amides is 2. The number of benzene rings is 1. The van der Waals surface area contributed by atoms with Crippen LogP contribution in [0.5, 0.6) is 0 Å². The quantitative estimate of drug-likeness (QED) is 0.649. The highest BCUT2D eigenvalue weighted by molar-refractivity contribution is 7.14. The highest BCUT2D eigenvalue weighted by Crippen LogP contribution is 2.20. The second-order valence-electron chi connectivity index (χ2n) is 5.87. The molecule has 0 aliphatic heterocycles. The van der Waals surface area contributed by atoms with E-state index in [1.54, 1.807) is 6.07 Å². The van der Waals surface area contributed by atoms with E-state index in [1.807, 2.05) is 48.9 Å². The zero-order valence-corrected chi connectivity index (χ0v) is 16.2. The van der Waals surface area contributed by atoms with Crippen LogP contribution in [0.25, 0.3) is 0 Å². The minimum absolute atomic E-state index is 0.0455. The number of hydrogen-bond acceptors (Lipinski definition) is 5. The van der Waals surface area contributed by atoms with Crippen molar-refractivity contribution in [2.24, 2.45) is 0 Å². The number of aryl methyl sites for hydroxylation is 2. The molecular weight excluding hydrogens is 366 g/mol. The van der Waals surface area contributed by atoms with Crippen molar-refractivity contribution < 1.29 is 9.59 Å². The van der Waals surface area contributed by atoms with E-state index >= 15 is 0 Å². The molecule has 0 atom stereocenters. The van der Waals surface area contributed by atoms with Gasteiger partial charge in [-0.05, 0) is 48.9 Å². The van der Waals surface area contributed by atoms with Gasteiger partial charge < -0.3 is 5.32 Å². The van der Waals surface area contributed by atoms with Crippen molar-refractivity contribution in [2.75, 3.05) is 10.6 Å². The lowest BCUT2D eigenvalue weighted by atomic mass is 10.1. The van der Waals surface area contributed by atoms with E-state index in [0.29, 0.717) is 22.9 Å². The summed E-state index contributed by atoms with van der Waals surface area (Å²) < 4.78 is 0. The Kier molecular flexibility index (Phi) is 5.80. The van der Waals surface area contributed by atoms with Crippen LogP contribution in [0, 0.1) is 13.8 Å². The first kappa shape index (κ1) is 18.3. The molecule has 2 N–H and O–H groups in total. The standard InChI is InChI=1S/C19H19N3O2S2/c1-12-5-3-6-15(13(12)2)21-17(23)9-8-14-11-26-19(20-14)22-18(24)16-7-4-10-25-16/h3-7,10-11H,8-9H2,1-2H3,(H,21,23)(H,20,22,24). The maximum absolute atomic E-state index is 12.2. The molecule has 3 aromatic rings. The molecule has 3 rings (SSSR count). The SMILES string of the molecule is Cc1cccc(NC(=O)CCc2csc(NC(=O)c3cccs3)n2)c1C. The highest BCUT2D eigenvalue weighted by atomic mass is 32.1. The number of thiophene rings is 1. The monoisotopic (exact) mass is 385 g/mol. The molecule has 0 spiro atoms. The minimum atomic E-state index is -0.159. The molecule has 2 heterocycles. The largest absolute Gasteiger partial charge is 0.326 e. The second kappa shape index (κ2) is 8.25. The van der Waals surface area contributed by atoms with Crippen LogP contribution in [0.1, 0.15) is 32.9 Å². The molecular formula is C19H19N3O2S2. The number of nitrogens with zero attached hydrogens (tertiary/aromatic N) is 1. The fourth-order valence-electron chi connectivity index (χ4n) is 2.39. The Labute approximate surface area is 160 Å². The summed E-state index contributed by atoms with van der Waals surface area (Å²) in [4.78, 5) is 29.2. The molecule has 0 aliphatic carbocycles.